The molecule has 222 valence electrons. The van der Waals surface area contributed by atoms with Gasteiger partial charge in [0.15, 0.2) is 0 Å². The second kappa shape index (κ2) is 12.4. The topological polar surface area (TPSA) is 92.1 Å². The summed E-state index contributed by atoms with van der Waals surface area (Å²) in [7, 11) is 0. The predicted octanol–water partition coefficient (Wildman–Crippen LogP) is 6.54. The van der Waals surface area contributed by atoms with Crippen molar-refractivity contribution in [2.75, 3.05) is 34.8 Å². The van der Waals surface area contributed by atoms with E-state index in [1.807, 2.05) is 33.8 Å². The highest BCUT2D eigenvalue weighted by molar-refractivity contribution is 6.03. The molecule has 11 heteroatoms. The molecular weight excluding hydrogens is 530 g/mol. The number of anilines is 3. The van der Waals surface area contributed by atoms with Crippen LogP contribution in [0.25, 0.3) is 5.65 Å². The van der Waals surface area contributed by atoms with Crippen LogP contribution < -0.4 is 15.1 Å². The van der Waals surface area contributed by atoms with Gasteiger partial charge >= 0.3 is 12.0 Å². The third-order valence-electron chi connectivity index (χ3n) is 7.13. The Morgan fingerprint density at radius 3 is 2.61 bits per heavy atom. The molecule has 2 amide bonds. The minimum atomic E-state index is -2.78. The van der Waals surface area contributed by atoms with Gasteiger partial charge in [-0.05, 0) is 65.5 Å². The molecule has 0 saturated carbocycles. The highest BCUT2D eigenvalue weighted by atomic mass is 19.3. The third-order valence-corrected chi connectivity index (χ3v) is 7.13. The fourth-order valence-corrected chi connectivity index (χ4v) is 5.22. The van der Waals surface area contributed by atoms with Gasteiger partial charge in [-0.2, -0.15) is 0 Å². The summed E-state index contributed by atoms with van der Waals surface area (Å²) in [4.78, 5) is 38.6. The molecule has 41 heavy (non-hydrogen) atoms. The maximum atomic E-state index is 13.9. The fraction of sp³-hybridized carbons (Fsp3) is 0.533. The monoisotopic (exact) mass is 570 g/mol. The molecule has 4 heterocycles. The molecular formula is C30H40F2N6O3. The van der Waals surface area contributed by atoms with E-state index in [4.69, 9.17) is 4.74 Å². The number of amides is 2. The van der Waals surface area contributed by atoms with Gasteiger partial charge in [0.2, 0.25) is 0 Å². The molecule has 0 saturated heterocycles. The Balaban J connectivity index is 1.54. The average Bonchev–Trinajstić information content (AvgIpc) is 3.49. The summed E-state index contributed by atoms with van der Waals surface area (Å²) in [6, 6.07) is 2.71. The lowest BCUT2D eigenvalue weighted by atomic mass is 10.0. The predicted molar refractivity (Wildman–Crippen MR) is 156 cm³/mol. The van der Waals surface area contributed by atoms with Gasteiger partial charge in [-0.25, -0.2) is 23.5 Å². The second-order valence-electron chi connectivity index (χ2n) is 11.5. The van der Waals surface area contributed by atoms with Crippen molar-refractivity contribution in [3.05, 3.63) is 47.5 Å². The molecule has 0 fully saturated rings. The summed E-state index contributed by atoms with van der Waals surface area (Å²) in [5, 5.41) is 2.68. The Bertz CT molecular complexity index is 1400. The summed E-state index contributed by atoms with van der Waals surface area (Å²) < 4.78 is 35.0. The summed E-state index contributed by atoms with van der Waals surface area (Å²) in [6.07, 6.45) is 4.87. The molecule has 0 spiro atoms. The van der Waals surface area contributed by atoms with Crippen molar-refractivity contribution in [2.24, 2.45) is 5.92 Å². The highest BCUT2D eigenvalue weighted by Crippen LogP contribution is 2.35. The van der Waals surface area contributed by atoms with Crippen molar-refractivity contribution >= 4 is 34.8 Å². The zero-order valence-corrected chi connectivity index (χ0v) is 24.7. The first-order valence-electron chi connectivity index (χ1n) is 14.2. The maximum absolute atomic E-state index is 13.9. The van der Waals surface area contributed by atoms with Crippen molar-refractivity contribution in [3.63, 3.8) is 0 Å². The Morgan fingerprint density at radius 2 is 1.95 bits per heavy atom. The number of carbonyl (C=O) groups excluding carboxylic acids is 2. The van der Waals surface area contributed by atoms with Gasteiger partial charge in [0.1, 0.15) is 17.1 Å². The Hall–Kier alpha value is -3.76. The molecule has 1 N–H and O–H groups in total. The van der Waals surface area contributed by atoms with Gasteiger partial charge in [-0.15, -0.1) is 0 Å². The molecule has 9 nitrogen and oxygen atoms in total. The number of hydrogen-bond acceptors (Lipinski definition) is 6. The average molecular weight is 571 g/mol. The van der Waals surface area contributed by atoms with Crippen LogP contribution in [-0.4, -0.2) is 51.6 Å². The van der Waals surface area contributed by atoms with Gasteiger partial charge in [0, 0.05) is 55.0 Å². The van der Waals surface area contributed by atoms with Crippen LogP contribution in [0.3, 0.4) is 0 Å². The third kappa shape index (κ3) is 6.94. The minimum Gasteiger partial charge on any atom is -0.460 e. The van der Waals surface area contributed by atoms with Crippen molar-refractivity contribution in [2.45, 2.75) is 79.3 Å². The first-order valence-corrected chi connectivity index (χ1v) is 14.2. The minimum absolute atomic E-state index is 0.0277. The van der Waals surface area contributed by atoms with Crippen molar-refractivity contribution in [1.82, 2.24) is 14.4 Å². The summed E-state index contributed by atoms with van der Waals surface area (Å²) in [5.74, 6) is 0.108. The number of carbonyl (C=O) groups is 2. The number of rotatable bonds is 10. The smallest absolute Gasteiger partial charge is 0.327 e. The zero-order chi connectivity index (χ0) is 29.9. The number of alkyl halides is 2. The lowest BCUT2D eigenvalue weighted by Crippen LogP contribution is -2.34. The Kier molecular flexibility index (Phi) is 9.14. The summed E-state index contributed by atoms with van der Waals surface area (Å²) in [6.45, 7) is 13.3. The Labute approximate surface area is 239 Å². The molecule has 1 aliphatic rings. The number of hydrogen-bond donors (Lipinski definition) is 1. The quantitative estimate of drug-likeness (QED) is 0.278. The van der Waals surface area contributed by atoms with E-state index in [0.717, 1.165) is 24.2 Å². The number of esters is 1. The van der Waals surface area contributed by atoms with Crippen LogP contribution in [0.15, 0.2) is 30.7 Å². The van der Waals surface area contributed by atoms with Gasteiger partial charge in [0.05, 0.1) is 17.3 Å². The van der Waals surface area contributed by atoms with Gasteiger partial charge in [-0.1, -0.05) is 13.8 Å². The van der Waals surface area contributed by atoms with Gasteiger partial charge in [0.25, 0.3) is 6.43 Å². The van der Waals surface area contributed by atoms with E-state index in [0.29, 0.717) is 49.5 Å². The van der Waals surface area contributed by atoms with Gasteiger partial charge in [-0.3, -0.25) is 9.69 Å². The van der Waals surface area contributed by atoms with Crippen molar-refractivity contribution in [1.29, 1.82) is 0 Å². The number of nitrogens with zero attached hydrogens (tertiary/aromatic N) is 5. The van der Waals surface area contributed by atoms with Crippen molar-refractivity contribution < 1.29 is 23.1 Å². The lowest BCUT2D eigenvalue weighted by Gasteiger charge is -2.29. The van der Waals surface area contributed by atoms with Crippen LogP contribution in [0, 0.1) is 12.8 Å². The number of halogens is 2. The van der Waals surface area contributed by atoms with E-state index in [-0.39, 0.29) is 23.1 Å². The molecule has 0 radical (unpaired) electrons. The number of urea groups is 1. The fourth-order valence-electron chi connectivity index (χ4n) is 5.22. The van der Waals surface area contributed by atoms with Crippen LogP contribution in [0.4, 0.5) is 30.8 Å². The van der Waals surface area contributed by atoms with E-state index >= 15 is 0 Å². The maximum Gasteiger partial charge on any atom is 0.327 e. The number of fused-ring (bicyclic) bond motifs is 2. The number of ether oxygens (including phenoxy) is 1. The van der Waals surface area contributed by atoms with Crippen LogP contribution in [-0.2, 0) is 16.0 Å². The first kappa shape index (κ1) is 30.2. The van der Waals surface area contributed by atoms with E-state index in [1.165, 1.54) is 17.2 Å². The zero-order valence-electron chi connectivity index (χ0n) is 24.7. The second-order valence-corrected chi connectivity index (χ2v) is 11.5. The highest BCUT2D eigenvalue weighted by Gasteiger charge is 2.31. The Morgan fingerprint density at radius 1 is 1.20 bits per heavy atom. The summed E-state index contributed by atoms with van der Waals surface area (Å²) >= 11 is 0. The lowest BCUT2D eigenvalue weighted by molar-refractivity contribution is -0.160. The molecule has 1 aliphatic heterocycles. The number of nitrogens with one attached hydrogen (secondary N) is 1. The molecule has 4 rings (SSSR count). The number of imidazole rings is 1. The number of aromatic nitrogens is 3. The SMILES string of the molecule is CCCN(CCC(CC)C(=O)OC(C)(C)C)c1ccnc2c1CCN2C(=O)Nc1cn2cc(C)nc2cc1C(F)F. The van der Waals surface area contributed by atoms with E-state index in [1.54, 1.807) is 23.7 Å². The van der Waals surface area contributed by atoms with Crippen LogP contribution in [0.1, 0.15) is 77.1 Å². The van der Waals surface area contributed by atoms with E-state index in [9.17, 15) is 18.4 Å². The summed E-state index contributed by atoms with van der Waals surface area (Å²) in [5.41, 5.74) is 2.17. The van der Waals surface area contributed by atoms with E-state index < -0.39 is 18.1 Å². The van der Waals surface area contributed by atoms with Crippen molar-refractivity contribution in [3.8, 4) is 0 Å². The normalized spacial score (nSPS) is 13.9. The molecule has 0 bridgehead atoms. The van der Waals surface area contributed by atoms with Crippen LogP contribution in [0.2, 0.25) is 0 Å². The molecule has 3 aromatic heterocycles. The first-order chi connectivity index (χ1) is 19.4. The van der Waals surface area contributed by atoms with Crippen LogP contribution >= 0.6 is 0 Å². The van der Waals surface area contributed by atoms with E-state index in [2.05, 4.69) is 27.1 Å². The molecule has 1 unspecified atom stereocenters. The van der Waals surface area contributed by atoms with Gasteiger partial charge < -0.3 is 19.4 Å². The molecule has 0 aliphatic carbocycles. The standard InChI is InChI=1S/C30H40F2N6O3/c1-7-13-36(14-10-20(8-2)28(39)41-30(4,5)6)24-9-12-33-27-21(24)11-15-38(27)29(40)35-23-18-37-17-19(3)34-25(37)16-22(23)26(31)32/h9,12,16-18,20,26H,7-8,10-11,13-15H2,1-6H3,(H,35,40). The largest absolute Gasteiger partial charge is 0.460 e. The number of pyridine rings is 2. The van der Waals surface area contributed by atoms with Crippen LogP contribution in [0.5, 0.6) is 0 Å². The number of aryl methyl sites for hydroxylation is 1. The molecule has 1 atom stereocenters. The molecule has 3 aromatic rings. The molecule has 0 aromatic carbocycles.